The number of nitrogens with zero attached hydrogens (tertiary/aromatic N) is 3. The molecule has 140 valence electrons. The van der Waals surface area contributed by atoms with E-state index in [1.807, 2.05) is 32.0 Å². The fourth-order valence-corrected chi connectivity index (χ4v) is 2.55. The van der Waals surface area contributed by atoms with Crippen molar-refractivity contribution in [3.8, 4) is 0 Å². The van der Waals surface area contributed by atoms with Gasteiger partial charge in [-0.15, -0.1) is 0 Å². The van der Waals surface area contributed by atoms with Gasteiger partial charge in [0.1, 0.15) is 0 Å². The monoisotopic (exact) mass is 387 g/mol. The van der Waals surface area contributed by atoms with Crippen LogP contribution in [0, 0.1) is 0 Å². The number of esters is 1. The van der Waals surface area contributed by atoms with Crippen LogP contribution < -0.4 is 5.56 Å². The fraction of sp³-hybridized carbons (Fsp3) is 0.263. The van der Waals surface area contributed by atoms with E-state index in [4.69, 9.17) is 20.9 Å². The summed E-state index contributed by atoms with van der Waals surface area (Å²) in [6, 6.07) is 9.94. The van der Waals surface area contributed by atoms with Crippen LogP contribution in [0.1, 0.15) is 47.4 Å². The number of benzene rings is 1. The highest BCUT2D eigenvalue weighted by atomic mass is 35.5. The van der Waals surface area contributed by atoms with E-state index >= 15 is 0 Å². The summed E-state index contributed by atoms with van der Waals surface area (Å²) in [4.78, 5) is 28.5. The van der Waals surface area contributed by atoms with Crippen LogP contribution in [0.15, 0.2) is 51.9 Å². The standard InChI is InChI=1S/C19H18ClN3O4/c1-12(2)18-21-16(27-22-18)11-26-19(25)14-7-8-17(24)23(10-14)9-13-5-3-4-6-15(13)20/h3-8,10,12H,9,11H2,1-2H3. The van der Waals surface area contributed by atoms with E-state index in [0.717, 1.165) is 5.56 Å². The average Bonchev–Trinajstić information content (AvgIpc) is 3.13. The minimum Gasteiger partial charge on any atom is -0.452 e. The lowest BCUT2D eigenvalue weighted by Gasteiger charge is -2.09. The highest BCUT2D eigenvalue weighted by Crippen LogP contribution is 2.16. The number of hydrogen-bond donors (Lipinski definition) is 0. The Bertz CT molecular complexity index is 1010. The van der Waals surface area contributed by atoms with Gasteiger partial charge in [0.05, 0.1) is 12.1 Å². The van der Waals surface area contributed by atoms with Crippen LogP contribution in [0.2, 0.25) is 5.02 Å². The minimum atomic E-state index is -0.591. The Morgan fingerprint density at radius 2 is 2.04 bits per heavy atom. The molecule has 0 aliphatic heterocycles. The maximum absolute atomic E-state index is 12.3. The quantitative estimate of drug-likeness (QED) is 0.602. The molecule has 0 atom stereocenters. The zero-order valence-electron chi connectivity index (χ0n) is 14.9. The van der Waals surface area contributed by atoms with Gasteiger partial charge in [-0.25, -0.2) is 4.79 Å². The molecule has 0 fully saturated rings. The maximum Gasteiger partial charge on any atom is 0.340 e. The van der Waals surface area contributed by atoms with Crippen molar-refractivity contribution < 1.29 is 14.1 Å². The van der Waals surface area contributed by atoms with Gasteiger partial charge >= 0.3 is 5.97 Å². The molecule has 0 aliphatic carbocycles. The van der Waals surface area contributed by atoms with Crippen molar-refractivity contribution in [1.82, 2.24) is 14.7 Å². The molecule has 0 amide bonds. The molecule has 3 aromatic rings. The molecule has 0 N–H and O–H groups in total. The number of aromatic nitrogens is 3. The van der Waals surface area contributed by atoms with Gasteiger partial charge in [-0.05, 0) is 17.7 Å². The summed E-state index contributed by atoms with van der Waals surface area (Å²) < 4.78 is 11.6. The molecule has 27 heavy (non-hydrogen) atoms. The molecule has 8 heteroatoms. The predicted molar refractivity (Wildman–Crippen MR) is 98.8 cm³/mol. The molecule has 2 heterocycles. The van der Waals surface area contributed by atoms with Gasteiger partial charge < -0.3 is 13.8 Å². The minimum absolute atomic E-state index is 0.117. The van der Waals surface area contributed by atoms with Gasteiger partial charge in [0.15, 0.2) is 12.4 Å². The van der Waals surface area contributed by atoms with Crippen molar-refractivity contribution >= 4 is 17.6 Å². The highest BCUT2D eigenvalue weighted by Gasteiger charge is 2.14. The summed E-state index contributed by atoms with van der Waals surface area (Å²) in [5.41, 5.74) is 0.772. The zero-order valence-corrected chi connectivity index (χ0v) is 15.6. The van der Waals surface area contributed by atoms with Crippen molar-refractivity contribution in [1.29, 1.82) is 0 Å². The largest absolute Gasteiger partial charge is 0.452 e. The van der Waals surface area contributed by atoms with Crippen molar-refractivity contribution in [3.05, 3.63) is 80.8 Å². The van der Waals surface area contributed by atoms with Crippen molar-refractivity contribution in [3.63, 3.8) is 0 Å². The average molecular weight is 388 g/mol. The molecule has 0 radical (unpaired) electrons. The van der Waals surface area contributed by atoms with Gasteiger partial charge in [0, 0.05) is 23.2 Å². The molecule has 0 aliphatic rings. The lowest BCUT2D eigenvalue weighted by Crippen LogP contribution is -2.21. The third-order valence-corrected chi connectivity index (χ3v) is 4.21. The summed E-state index contributed by atoms with van der Waals surface area (Å²) in [5, 5.41) is 4.36. The van der Waals surface area contributed by atoms with Gasteiger partial charge in [-0.2, -0.15) is 4.98 Å². The first-order chi connectivity index (χ1) is 12.9. The summed E-state index contributed by atoms with van der Waals surface area (Å²) >= 11 is 6.14. The molecule has 2 aromatic heterocycles. The molecule has 0 bridgehead atoms. The summed E-state index contributed by atoms with van der Waals surface area (Å²) in [7, 11) is 0. The number of halogens is 1. The number of carbonyl (C=O) groups is 1. The fourth-order valence-electron chi connectivity index (χ4n) is 2.36. The highest BCUT2D eigenvalue weighted by molar-refractivity contribution is 6.31. The van der Waals surface area contributed by atoms with E-state index in [-0.39, 0.29) is 36.1 Å². The predicted octanol–water partition coefficient (Wildman–Crippen LogP) is 3.41. The van der Waals surface area contributed by atoms with Crippen LogP contribution >= 0.6 is 11.6 Å². The SMILES string of the molecule is CC(C)c1noc(COC(=O)c2ccc(=O)n(Cc3ccccc3Cl)c2)n1. The molecule has 0 saturated heterocycles. The van der Waals surface area contributed by atoms with E-state index in [2.05, 4.69) is 10.1 Å². The Morgan fingerprint density at radius 3 is 2.74 bits per heavy atom. The van der Waals surface area contributed by atoms with Crippen LogP contribution in [0.4, 0.5) is 0 Å². The van der Waals surface area contributed by atoms with Crippen molar-refractivity contribution in [2.75, 3.05) is 0 Å². The molecular formula is C19H18ClN3O4. The van der Waals surface area contributed by atoms with Gasteiger partial charge in [-0.1, -0.05) is 48.8 Å². The Hall–Kier alpha value is -2.93. The molecule has 0 unspecified atom stereocenters. The first-order valence-corrected chi connectivity index (χ1v) is 8.75. The number of pyridine rings is 1. The molecule has 0 saturated carbocycles. The summed E-state index contributed by atoms with van der Waals surface area (Å²) in [6.07, 6.45) is 1.45. The zero-order chi connectivity index (χ0) is 19.4. The van der Waals surface area contributed by atoms with Gasteiger partial charge in [-0.3, -0.25) is 4.79 Å². The molecule has 1 aromatic carbocycles. The van der Waals surface area contributed by atoms with E-state index in [1.54, 1.807) is 6.07 Å². The van der Waals surface area contributed by atoms with E-state index in [1.165, 1.54) is 22.9 Å². The Kier molecular flexibility index (Phi) is 5.71. The van der Waals surface area contributed by atoms with Gasteiger partial charge in [0.25, 0.3) is 11.4 Å². The number of rotatable bonds is 6. The van der Waals surface area contributed by atoms with Crippen LogP contribution in [0.3, 0.4) is 0 Å². The van der Waals surface area contributed by atoms with Crippen LogP contribution in [0.5, 0.6) is 0 Å². The number of hydrogen-bond acceptors (Lipinski definition) is 6. The third kappa shape index (κ3) is 4.62. The third-order valence-electron chi connectivity index (χ3n) is 3.84. The Morgan fingerprint density at radius 1 is 1.26 bits per heavy atom. The number of ether oxygens (including phenoxy) is 1. The van der Waals surface area contributed by atoms with Crippen LogP contribution in [0.25, 0.3) is 0 Å². The molecule has 7 nitrogen and oxygen atoms in total. The second-order valence-electron chi connectivity index (χ2n) is 6.25. The molecule has 3 rings (SSSR count). The first kappa shape index (κ1) is 18.8. The summed E-state index contributed by atoms with van der Waals surface area (Å²) in [5.74, 6) is 0.296. The van der Waals surface area contributed by atoms with E-state index in [0.29, 0.717) is 10.8 Å². The van der Waals surface area contributed by atoms with E-state index in [9.17, 15) is 9.59 Å². The Labute approximate surface area is 160 Å². The second kappa shape index (κ2) is 8.18. The lowest BCUT2D eigenvalue weighted by atomic mass is 10.2. The van der Waals surface area contributed by atoms with Crippen LogP contribution in [-0.2, 0) is 17.9 Å². The topological polar surface area (TPSA) is 87.2 Å². The van der Waals surface area contributed by atoms with Crippen molar-refractivity contribution in [2.24, 2.45) is 0 Å². The smallest absolute Gasteiger partial charge is 0.340 e. The molecule has 0 spiro atoms. The van der Waals surface area contributed by atoms with Crippen molar-refractivity contribution in [2.45, 2.75) is 32.9 Å². The summed E-state index contributed by atoms with van der Waals surface area (Å²) in [6.45, 7) is 3.98. The Balaban J connectivity index is 1.71. The molecular weight excluding hydrogens is 370 g/mol. The van der Waals surface area contributed by atoms with Gasteiger partial charge in [0.2, 0.25) is 0 Å². The van der Waals surface area contributed by atoms with E-state index < -0.39 is 5.97 Å². The first-order valence-electron chi connectivity index (χ1n) is 8.37. The second-order valence-corrected chi connectivity index (χ2v) is 6.66. The lowest BCUT2D eigenvalue weighted by molar-refractivity contribution is 0.0428. The van der Waals surface area contributed by atoms with Crippen LogP contribution in [-0.4, -0.2) is 20.7 Å². The maximum atomic E-state index is 12.3. The number of carbonyl (C=O) groups excluding carboxylic acids is 1. The normalized spacial score (nSPS) is 11.0.